The molecule has 0 bridgehead atoms. The highest BCUT2D eigenvalue weighted by atomic mass is 32.1. The number of fused-ring (bicyclic) bond motifs is 3. The van der Waals surface area contributed by atoms with Crippen LogP contribution in [0.1, 0.15) is 29.6 Å². The zero-order chi connectivity index (χ0) is 23.7. The Labute approximate surface area is 202 Å². The average molecular weight is 483 g/mol. The third kappa shape index (κ3) is 5.01. The molecule has 0 spiro atoms. The molecule has 1 aromatic carbocycles. The van der Waals surface area contributed by atoms with Gasteiger partial charge in [0.1, 0.15) is 11.4 Å². The minimum Gasteiger partial charge on any atom is -0.378 e. The van der Waals surface area contributed by atoms with E-state index in [-0.39, 0.29) is 18.0 Å². The highest BCUT2D eigenvalue weighted by Gasteiger charge is 2.23. The molecule has 9 heteroatoms. The number of carbonyl (C=O) groups is 1. The molecule has 8 nitrogen and oxygen atoms in total. The summed E-state index contributed by atoms with van der Waals surface area (Å²) >= 11 is 1.66. The van der Waals surface area contributed by atoms with Crippen LogP contribution in [0.2, 0.25) is 0 Å². The molecule has 180 valence electrons. The van der Waals surface area contributed by atoms with Gasteiger partial charge in [0.25, 0.3) is 11.5 Å². The molecule has 1 amide bonds. The first kappa shape index (κ1) is 23.0. The topological polar surface area (TPSA) is 91.8 Å². The number of H-pyrrole nitrogens is 1. The lowest BCUT2D eigenvalue weighted by molar-refractivity contribution is -0.885. The van der Waals surface area contributed by atoms with Crippen LogP contribution in [0, 0.1) is 5.92 Å². The van der Waals surface area contributed by atoms with Crippen molar-refractivity contribution in [2.75, 3.05) is 50.1 Å². The van der Waals surface area contributed by atoms with Crippen LogP contribution in [0.5, 0.6) is 0 Å². The maximum absolute atomic E-state index is 12.8. The van der Waals surface area contributed by atoms with Gasteiger partial charge in [-0.2, -0.15) is 0 Å². The second kappa shape index (κ2) is 9.85. The van der Waals surface area contributed by atoms with E-state index in [0.717, 1.165) is 72.1 Å². The van der Waals surface area contributed by atoms with E-state index in [4.69, 9.17) is 9.72 Å². The molecule has 0 radical (unpaired) electrons. The fraction of sp³-hybridized carbons (Fsp3) is 0.480. The van der Waals surface area contributed by atoms with Gasteiger partial charge in [-0.15, -0.1) is 11.3 Å². The highest BCUT2D eigenvalue weighted by Crippen LogP contribution is 2.35. The molecule has 3 aromatic rings. The Morgan fingerprint density at radius 2 is 2.06 bits per heavy atom. The second-order valence-corrected chi connectivity index (χ2v) is 10.6. The van der Waals surface area contributed by atoms with Gasteiger partial charge >= 0.3 is 0 Å². The van der Waals surface area contributed by atoms with Crippen LogP contribution in [-0.2, 0) is 28.9 Å². The van der Waals surface area contributed by atoms with Gasteiger partial charge in [-0.3, -0.25) is 9.59 Å². The maximum Gasteiger partial charge on any atom is 0.279 e. The van der Waals surface area contributed by atoms with Gasteiger partial charge in [0, 0.05) is 29.3 Å². The molecule has 3 heterocycles. The summed E-state index contributed by atoms with van der Waals surface area (Å²) in [4.78, 5) is 38.5. The van der Waals surface area contributed by atoms with Crippen molar-refractivity contribution < 1.29 is 14.4 Å². The molecule has 5 rings (SSSR count). The van der Waals surface area contributed by atoms with E-state index >= 15 is 0 Å². The number of thiophene rings is 1. The van der Waals surface area contributed by atoms with Crippen molar-refractivity contribution in [1.82, 2.24) is 9.97 Å². The minimum absolute atomic E-state index is 0.0512. The molecule has 1 saturated heterocycles. The lowest BCUT2D eigenvalue weighted by Crippen LogP contribution is -3.08. The van der Waals surface area contributed by atoms with Gasteiger partial charge < -0.3 is 24.8 Å². The number of carbonyl (C=O) groups excluding carboxylic acids is 1. The fourth-order valence-corrected chi connectivity index (χ4v) is 6.28. The number of morpholine rings is 1. The summed E-state index contributed by atoms with van der Waals surface area (Å²) in [6.07, 6.45) is 3.11. The molecule has 2 atom stereocenters. The zero-order valence-corrected chi connectivity index (χ0v) is 20.6. The van der Waals surface area contributed by atoms with Gasteiger partial charge in [-0.1, -0.05) is 6.92 Å². The Kier molecular flexibility index (Phi) is 6.67. The van der Waals surface area contributed by atoms with Gasteiger partial charge in [-0.25, -0.2) is 4.98 Å². The van der Waals surface area contributed by atoms with Crippen LogP contribution in [0.15, 0.2) is 29.1 Å². The number of ether oxygens (including phenoxy) is 1. The SMILES string of the molecule is C[C@@H]1CCc2c(sc3nc(C[NH+](C)CC(=O)Nc4ccc(N5CCOCC5)cc4)[nH]c(=O)c23)C1. The van der Waals surface area contributed by atoms with E-state index in [9.17, 15) is 9.59 Å². The van der Waals surface area contributed by atoms with Crippen LogP contribution in [0.4, 0.5) is 11.4 Å². The molecule has 0 saturated carbocycles. The second-order valence-electron chi connectivity index (χ2n) is 9.55. The van der Waals surface area contributed by atoms with Crippen molar-refractivity contribution in [1.29, 1.82) is 0 Å². The zero-order valence-electron chi connectivity index (χ0n) is 19.8. The van der Waals surface area contributed by atoms with Crippen LogP contribution < -0.4 is 20.7 Å². The summed E-state index contributed by atoms with van der Waals surface area (Å²) in [5, 5.41) is 3.74. The molecule has 1 unspecified atom stereocenters. The predicted octanol–water partition coefficient (Wildman–Crippen LogP) is 1.60. The number of amides is 1. The van der Waals surface area contributed by atoms with Crippen molar-refractivity contribution in [2.45, 2.75) is 32.7 Å². The first-order valence-electron chi connectivity index (χ1n) is 12.0. The van der Waals surface area contributed by atoms with Crippen molar-refractivity contribution in [3.8, 4) is 0 Å². The standard InChI is InChI=1S/C25H31N5O3S/c1-16-3-8-19-20(13-16)34-25-23(19)24(32)27-21(28-25)14-29(2)15-22(31)26-17-4-6-18(7-5-17)30-9-11-33-12-10-30/h4-7,16H,3,8-15H2,1-2H3,(H,26,31)(H,27,28,32)/p+1/t16-/m1/s1. The van der Waals surface area contributed by atoms with E-state index in [1.54, 1.807) is 11.3 Å². The number of aromatic amines is 1. The third-order valence-corrected chi connectivity index (χ3v) is 7.82. The molecule has 1 fully saturated rings. The molecule has 1 aliphatic heterocycles. The summed E-state index contributed by atoms with van der Waals surface area (Å²) in [5.41, 5.74) is 3.06. The molecule has 1 aliphatic carbocycles. The first-order chi connectivity index (χ1) is 16.5. The lowest BCUT2D eigenvalue weighted by Gasteiger charge is -2.28. The van der Waals surface area contributed by atoms with E-state index in [2.05, 4.69) is 22.1 Å². The number of aromatic nitrogens is 2. The van der Waals surface area contributed by atoms with Crippen LogP contribution in [0.25, 0.3) is 10.2 Å². The summed E-state index contributed by atoms with van der Waals surface area (Å²) in [7, 11) is 1.94. The Hall–Kier alpha value is -2.75. The van der Waals surface area contributed by atoms with Crippen molar-refractivity contribution >= 4 is 38.8 Å². The molecular weight excluding hydrogens is 450 g/mol. The summed E-state index contributed by atoms with van der Waals surface area (Å²) in [5.74, 6) is 1.22. The van der Waals surface area contributed by atoms with Crippen molar-refractivity contribution in [3.63, 3.8) is 0 Å². The number of likely N-dealkylation sites (N-methyl/N-ethyl adjacent to an activating group) is 1. The number of anilines is 2. The summed E-state index contributed by atoms with van der Waals surface area (Å²) in [6.45, 7) is 6.28. The largest absolute Gasteiger partial charge is 0.378 e. The number of hydrogen-bond acceptors (Lipinski definition) is 6. The smallest absolute Gasteiger partial charge is 0.279 e. The number of nitrogens with one attached hydrogen (secondary N) is 3. The maximum atomic E-state index is 12.8. The quantitative estimate of drug-likeness (QED) is 0.497. The molecular formula is C25H32N5O3S+. The molecule has 2 aromatic heterocycles. The van der Waals surface area contributed by atoms with E-state index in [0.29, 0.717) is 18.3 Å². The molecule has 2 aliphatic rings. The molecule has 3 N–H and O–H groups in total. The number of quaternary nitrogens is 1. The monoisotopic (exact) mass is 482 g/mol. The Bertz CT molecular complexity index is 1230. The summed E-state index contributed by atoms with van der Waals surface area (Å²) < 4.78 is 5.40. The van der Waals surface area contributed by atoms with E-state index < -0.39 is 0 Å². The van der Waals surface area contributed by atoms with Crippen LogP contribution in [-0.4, -0.2) is 55.8 Å². The van der Waals surface area contributed by atoms with Gasteiger partial charge in [0.2, 0.25) is 0 Å². The number of aryl methyl sites for hydroxylation is 1. The number of benzene rings is 1. The van der Waals surface area contributed by atoms with Crippen LogP contribution >= 0.6 is 11.3 Å². The molecule has 34 heavy (non-hydrogen) atoms. The Balaban J connectivity index is 1.19. The number of rotatable bonds is 6. The normalized spacial score (nSPS) is 19.1. The summed E-state index contributed by atoms with van der Waals surface area (Å²) in [6, 6.07) is 7.93. The van der Waals surface area contributed by atoms with E-state index in [1.807, 2.05) is 31.3 Å². The predicted molar refractivity (Wildman–Crippen MR) is 135 cm³/mol. The van der Waals surface area contributed by atoms with Gasteiger partial charge in [0.15, 0.2) is 12.4 Å². The average Bonchev–Trinajstić information content (AvgIpc) is 3.17. The number of hydrogen-bond donors (Lipinski definition) is 3. The Morgan fingerprint density at radius 1 is 1.29 bits per heavy atom. The van der Waals surface area contributed by atoms with Crippen molar-refractivity contribution in [3.05, 3.63) is 50.9 Å². The van der Waals surface area contributed by atoms with E-state index in [1.165, 1.54) is 10.4 Å². The lowest BCUT2D eigenvalue weighted by atomic mass is 9.89. The van der Waals surface area contributed by atoms with Crippen molar-refractivity contribution in [2.24, 2.45) is 5.92 Å². The first-order valence-corrected chi connectivity index (χ1v) is 12.9. The Morgan fingerprint density at radius 3 is 2.82 bits per heavy atom. The number of nitrogens with zero attached hydrogens (tertiary/aromatic N) is 2. The van der Waals surface area contributed by atoms with Gasteiger partial charge in [0.05, 0.1) is 25.6 Å². The minimum atomic E-state index is -0.0689. The van der Waals surface area contributed by atoms with Crippen LogP contribution in [0.3, 0.4) is 0 Å². The highest BCUT2D eigenvalue weighted by molar-refractivity contribution is 7.18. The third-order valence-electron chi connectivity index (χ3n) is 6.67. The van der Waals surface area contributed by atoms with Gasteiger partial charge in [-0.05, 0) is 55.0 Å². The fourth-order valence-electron chi connectivity index (χ4n) is 4.88.